The highest BCUT2D eigenvalue weighted by atomic mass is 32.1. The number of rotatable bonds is 7. The second-order valence-corrected chi connectivity index (χ2v) is 6.88. The van der Waals surface area contributed by atoms with Crippen molar-refractivity contribution in [3.63, 3.8) is 0 Å². The van der Waals surface area contributed by atoms with E-state index in [-0.39, 0.29) is 6.04 Å². The van der Waals surface area contributed by atoms with E-state index in [9.17, 15) is 0 Å². The van der Waals surface area contributed by atoms with Crippen molar-refractivity contribution in [2.24, 2.45) is 5.92 Å². The Morgan fingerprint density at radius 3 is 2.32 bits per heavy atom. The minimum absolute atomic E-state index is 0.181. The molecule has 1 heterocycles. The fraction of sp³-hybridized carbons (Fsp3) is 0.400. The number of ether oxygens (including phenoxy) is 1. The van der Waals surface area contributed by atoms with E-state index < -0.39 is 0 Å². The molecule has 1 N–H and O–H groups in total. The molecule has 1 aromatic carbocycles. The maximum absolute atomic E-state index is 5.71. The van der Waals surface area contributed by atoms with Crippen molar-refractivity contribution in [3.05, 3.63) is 54.4 Å². The van der Waals surface area contributed by atoms with Gasteiger partial charge in [-0.05, 0) is 73.4 Å². The molecular weight excluding hydrogens is 330 g/mol. The van der Waals surface area contributed by atoms with Gasteiger partial charge in [0.25, 0.3) is 0 Å². The molecular formula is C20H27N3OS. The van der Waals surface area contributed by atoms with E-state index in [0.717, 1.165) is 29.5 Å². The molecule has 134 valence electrons. The van der Waals surface area contributed by atoms with Gasteiger partial charge in [0, 0.05) is 24.6 Å². The van der Waals surface area contributed by atoms with Crippen LogP contribution in [0.25, 0.3) is 0 Å². The minimum Gasteiger partial charge on any atom is -0.497 e. The lowest BCUT2D eigenvalue weighted by molar-refractivity contribution is 0.318. The van der Waals surface area contributed by atoms with Crippen LogP contribution in [0.15, 0.2) is 48.8 Å². The number of benzene rings is 1. The van der Waals surface area contributed by atoms with Gasteiger partial charge in [-0.15, -0.1) is 0 Å². The topological polar surface area (TPSA) is 37.4 Å². The zero-order valence-corrected chi connectivity index (χ0v) is 16.2. The summed E-state index contributed by atoms with van der Waals surface area (Å²) in [7, 11) is 1.66. The van der Waals surface area contributed by atoms with Gasteiger partial charge in [-0.1, -0.05) is 13.8 Å². The molecule has 5 heteroatoms. The first-order chi connectivity index (χ1) is 12.0. The van der Waals surface area contributed by atoms with Crippen molar-refractivity contribution < 1.29 is 4.74 Å². The van der Waals surface area contributed by atoms with Gasteiger partial charge in [-0.3, -0.25) is 4.98 Å². The van der Waals surface area contributed by atoms with E-state index in [2.05, 4.69) is 36.0 Å². The van der Waals surface area contributed by atoms with Crippen LogP contribution in [0, 0.1) is 5.92 Å². The van der Waals surface area contributed by atoms with E-state index in [1.54, 1.807) is 7.11 Å². The van der Waals surface area contributed by atoms with E-state index >= 15 is 0 Å². The summed E-state index contributed by atoms with van der Waals surface area (Å²) in [4.78, 5) is 6.36. The smallest absolute Gasteiger partial charge is 0.173 e. The summed E-state index contributed by atoms with van der Waals surface area (Å²) in [5.74, 6) is 1.45. The first kappa shape index (κ1) is 19.2. The van der Waals surface area contributed by atoms with E-state index in [0.29, 0.717) is 5.92 Å². The first-order valence-electron chi connectivity index (χ1n) is 8.63. The SMILES string of the molecule is COc1ccc(NC(=S)N(CCC(C)C)[C@@H](C)c2ccncc2)cc1. The lowest BCUT2D eigenvalue weighted by Gasteiger charge is -2.32. The van der Waals surface area contributed by atoms with Crippen molar-refractivity contribution in [2.75, 3.05) is 19.0 Å². The summed E-state index contributed by atoms with van der Waals surface area (Å²) in [6.45, 7) is 7.55. The molecule has 4 nitrogen and oxygen atoms in total. The first-order valence-corrected chi connectivity index (χ1v) is 9.03. The number of methoxy groups -OCH3 is 1. The Balaban J connectivity index is 2.13. The number of nitrogens with zero attached hydrogens (tertiary/aromatic N) is 2. The van der Waals surface area contributed by atoms with Crippen molar-refractivity contribution >= 4 is 23.0 Å². The molecule has 0 saturated heterocycles. The molecule has 0 fully saturated rings. The van der Waals surface area contributed by atoms with Gasteiger partial charge in [0.15, 0.2) is 5.11 Å². The fourth-order valence-electron chi connectivity index (χ4n) is 2.56. The summed E-state index contributed by atoms with van der Waals surface area (Å²) >= 11 is 5.71. The van der Waals surface area contributed by atoms with Crippen LogP contribution in [0.5, 0.6) is 5.75 Å². The molecule has 0 aliphatic carbocycles. The summed E-state index contributed by atoms with van der Waals surface area (Å²) in [6, 6.07) is 12.1. The Bertz CT molecular complexity index is 658. The lowest BCUT2D eigenvalue weighted by atomic mass is 10.1. The summed E-state index contributed by atoms with van der Waals surface area (Å²) in [5, 5.41) is 4.09. The Hall–Kier alpha value is -2.14. The molecule has 25 heavy (non-hydrogen) atoms. The summed E-state index contributed by atoms with van der Waals surface area (Å²) < 4.78 is 5.21. The summed E-state index contributed by atoms with van der Waals surface area (Å²) in [6.07, 6.45) is 4.73. The number of anilines is 1. The second-order valence-electron chi connectivity index (χ2n) is 6.49. The van der Waals surface area contributed by atoms with Gasteiger partial charge in [0.2, 0.25) is 0 Å². The summed E-state index contributed by atoms with van der Waals surface area (Å²) in [5.41, 5.74) is 2.17. The van der Waals surface area contributed by atoms with E-state index in [1.807, 2.05) is 48.8 Å². The molecule has 0 aliphatic heterocycles. The zero-order chi connectivity index (χ0) is 18.2. The number of aromatic nitrogens is 1. The van der Waals surface area contributed by atoms with Crippen LogP contribution in [0.4, 0.5) is 5.69 Å². The molecule has 0 amide bonds. The van der Waals surface area contributed by atoms with Crippen LogP contribution in [0.3, 0.4) is 0 Å². The Labute approximate surface area is 156 Å². The quantitative estimate of drug-likeness (QED) is 0.714. The van der Waals surface area contributed by atoms with Crippen LogP contribution in [-0.2, 0) is 0 Å². The highest BCUT2D eigenvalue weighted by Gasteiger charge is 2.19. The molecule has 2 rings (SSSR count). The van der Waals surface area contributed by atoms with Gasteiger partial charge in [-0.25, -0.2) is 0 Å². The van der Waals surface area contributed by atoms with Crippen molar-refractivity contribution in [1.29, 1.82) is 0 Å². The Morgan fingerprint density at radius 1 is 1.12 bits per heavy atom. The average molecular weight is 358 g/mol. The largest absolute Gasteiger partial charge is 0.497 e. The second kappa shape index (κ2) is 9.37. The number of pyridine rings is 1. The molecule has 0 radical (unpaired) electrons. The monoisotopic (exact) mass is 357 g/mol. The van der Waals surface area contributed by atoms with Gasteiger partial charge in [-0.2, -0.15) is 0 Å². The third-order valence-electron chi connectivity index (χ3n) is 4.21. The lowest BCUT2D eigenvalue weighted by Crippen LogP contribution is -2.38. The molecule has 2 aromatic rings. The molecule has 0 saturated carbocycles. The molecule has 0 aliphatic rings. The normalized spacial score (nSPS) is 11.9. The van der Waals surface area contributed by atoms with Crippen molar-refractivity contribution in [2.45, 2.75) is 33.2 Å². The van der Waals surface area contributed by atoms with Crippen molar-refractivity contribution in [1.82, 2.24) is 9.88 Å². The predicted molar refractivity (Wildman–Crippen MR) is 108 cm³/mol. The zero-order valence-electron chi connectivity index (χ0n) is 15.4. The van der Waals surface area contributed by atoms with Crippen LogP contribution in [0.1, 0.15) is 38.8 Å². The number of hydrogen-bond donors (Lipinski definition) is 1. The number of thiocarbonyl (C=S) groups is 1. The van der Waals surface area contributed by atoms with Gasteiger partial charge in [0.05, 0.1) is 13.2 Å². The third kappa shape index (κ3) is 5.71. The highest BCUT2D eigenvalue weighted by Crippen LogP contribution is 2.23. The predicted octanol–water partition coefficient (Wildman–Crippen LogP) is 4.90. The third-order valence-corrected chi connectivity index (χ3v) is 4.54. The molecule has 0 unspecified atom stereocenters. The molecule has 1 atom stereocenters. The Kier molecular flexibility index (Phi) is 7.19. The maximum atomic E-state index is 5.71. The van der Waals surface area contributed by atoms with E-state index in [4.69, 9.17) is 17.0 Å². The van der Waals surface area contributed by atoms with Crippen LogP contribution >= 0.6 is 12.2 Å². The standard InChI is InChI=1S/C20H27N3OS/c1-15(2)11-14-23(16(3)17-9-12-21-13-10-17)20(25)22-18-5-7-19(24-4)8-6-18/h5-10,12-13,15-16H,11,14H2,1-4H3,(H,22,25)/t16-/m0/s1. The van der Waals surface area contributed by atoms with E-state index in [1.165, 1.54) is 5.56 Å². The van der Waals surface area contributed by atoms with Crippen molar-refractivity contribution in [3.8, 4) is 5.75 Å². The van der Waals surface area contributed by atoms with Gasteiger partial charge in [0.1, 0.15) is 5.75 Å². The molecule has 0 bridgehead atoms. The number of hydrogen-bond acceptors (Lipinski definition) is 3. The van der Waals surface area contributed by atoms with Gasteiger partial charge < -0.3 is 15.0 Å². The maximum Gasteiger partial charge on any atom is 0.173 e. The molecule has 1 aromatic heterocycles. The van der Waals surface area contributed by atoms with Crippen LogP contribution < -0.4 is 10.1 Å². The highest BCUT2D eigenvalue weighted by molar-refractivity contribution is 7.80. The molecule has 0 spiro atoms. The minimum atomic E-state index is 0.181. The Morgan fingerprint density at radius 2 is 1.76 bits per heavy atom. The van der Waals surface area contributed by atoms with Crippen LogP contribution in [-0.4, -0.2) is 28.7 Å². The average Bonchev–Trinajstić information content (AvgIpc) is 2.63. The van der Waals surface area contributed by atoms with Crippen LogP contribution in [0.2, 0.25) is 0 Å². The number of nitrogens with one attached hydrogen (secondary N) is 1. The fourth-order valence-corrected chi connectivity index (χ4v) is 2.93. The van der Waals surface area contributed by atoms with Gasteiger partial charge >= 0.3 is 0 Å².